The SMILES string of the molecule is O=C1OC(c2ccccc2)=N/C1=C/c1ccc(-c2ccc([N+](=O)[O-])cc2Br)o1. The zero-order chi connectivity index (χ0) is 19.7. The predicted octanol–water partition coefficient (Wildman–Crippen LogP) is 4.96. The molecule has 1 aliphatic heterocycles. The van der Waals surface area contributed by atoms with Crippen LogP contribution in [-0.4, -0.2) is 16.8 Å². The number of nitro groups is 1. The molecule has 3 aromatic rings. The van der Waals surface area contributed by atoms with Crippen LogP contribution >= 0.6 is 15.9 Å². The van der Waals surface area contributed by atoms with E-state index in [1.807, 2.05) is 18.2 Å². The monoisotopic (exact) mass is 438 g/mol. The first kappa shape index (κ1) is 17.9. The Morgan fingerprint density at radius 2 is 1.86 bits per heavy atom. The third-order valence-electron chi connectivity index (χ3n) is 3.98. The molecule has 0 radical (unpaired) electrons. The van der Waals surface area contributed by atoms with Crippen molar-refractivity contribution in [3.8, 4) is 11.3 Å². The molecule has 1 aromatic heterocycles. The molecule has 0 N–H and O–H groups in total. The quantitative estimate of drug-likeness (QED) is 0.248. The van der Waals surface area contributed by atoms with Crippen LogP contribution in [0.3, 0.4) is 0 Å². The number of aliphatic imine (C=N–C) groups is 1. The summed E-state index contributed by atoms with van der Waals surface area (Å²) in [4.78, 5) is 26.7. The number of ether oxygens (including phenoxy) is 1. The van der Waals surface area contributed by atoms with Crippen molar-refractivity contribution >= 4 is 39.6 Å². The van der Waals surface area contributed by atoms with Gasteiger partial charge in [0, 0.05) is 33.8 Å². The highest BCUT2D eigenvalue weighted by molar-refractivity contribution is 9.10. The maximum atomic E-state index is 12.1. The molecule has 2 heterocycles. The standard InChI is InChI=1S/C20H11BrN2O5/c21-16-10-13(23(25)26)6-8-15(16)18-9-7-14(27-18)11-17-20(24)28-19(22-17)12-4-2-1-3-5-12/h1-11H/b17-11+. The number of esters is 1. The topological polar surface area (TPSA) is 94.9 Å². The number of carbonyl (C=O) groups is 1. The summed E-state index contributed by atoms with van der Waals surface area (Å²) in [5.41, 5.74) is 1.45. The van der Waals surface area contributed by atoms with E-state index in [1.165, 1.54) is 18.2 Å². The summed E-state index contributed by atoms with van der Waals surface area (Å²) in [7, 11) is 0. The summed E-state index contributed by atoms with van der Waals surface area (Å²) >= 11 is 3.32. The Morgan fingerprint density at radius 1 is 1.07 bits per heavy atom. The molecule has 0 amide bonds. The number of nitro benzene ring substituents is 1. The molecule has 0 spiro atoms. The highest BCUT2D eigenvalue weighted by atomic mass is 79.9. The number of hydrogen-bond acceptors (Lipinski definition) is 6. The van der Waals surface area contributed by atoms with E-state index < -0.39 is 10.9 Å². The van der Waals surface area contributed by atoms with Gasteiger partial charge in [0.15, 0.2) is 5.70 Å². The van der Waals surface area contributed by atoms with Gasteiger partial charge in [-0.2, -0.15) is 0 Å². The number of cyclic esters (lactones) is 1. The molecule has 7 nitrogen and oxygen atoms in total. The van der Waals surface area contributed by atoms with E-state index >= 15 is 0 Å². The van der Waals surface area contributed by atoms with Crippen LogP contribution in [0.4, 0.5) is 5.69 Å². The molecule has 4 rings (SSSR count). The van der Waals surface area contributed by atoms with Crippen molar-refractivity contribution in [3.63, 3.8) is 0 Å². The fourth-order valence-corrected chi connectivity index (χ4v) is 3.20. The van der Waals surface area contributed by atoms with Crippen LogP contribution in [0.1, 0.15) is 11.3 Å². The maximum absolute atomic E-state index is 12.1. The molecular weight excluding hydrogens is 428 g/mol. The molecule has 2 aromatic carbocycles. The first-order chi connectivity index (χ1) is 13.5. The number of non-ortho nitro benzene ring substituents is 1. The van der Waals surface area contributed by atoms with Crippen molar-refractivity contribution in [3.05, 3.63) is 92.3 Å². The molecule has 138 valence electrons. The van der Waals surface area contributed by atoms with Gasteiger partial charge in [0.2, 0.25) is 5.90 Å². The Balaban J connectivity index is 1.62. The van der Waals surface area contributed by atoms with Crippen LogP contribution in [0.25, 0.3) is 17.4 Å². The zero-order valence-corrected chi connectivity index (χ0v) is 15.8. The van der Waals surface area contributed by atoms with Crippen molar-refractivity contribution < 1.29 is 18.9 Å². The molecule has 0 saturated carbocycles. The molecule has 0 aliphatic carbocycles. The van der Waals surface area contributed by atoms with Crippen molar-refractivity contribution in [1.82, 2.24) is 0 Å². The van der Waals surface area contributed by atoms with Gasteiger partial charge >= 0.3 is 5.97 Å². The minimum atomic E-state index is -0.562. The van der Waals surface area contributed by atoms with E-state index in [1.54, 1.807) is 30.3 Å². The normalized spacial score (nSPS) is 14.8. The number of hydrogen-bond donors (Lipinski definition) is 0. The van der Waals surface area contributed by atoms with E-state index in [0.29, 0.717) is 27.1 Å². The largest absolute Gasteiger partial charge is 0.457 e. The minimum Gasteiger partial charge on any atom is -0.457 e. The second-order valence-electron chi connectivity index (χ2n) is 5.83. The maximum Gasteiger partial charge on any atom is 0.363 e. The smallest absolute Gasteiger partial charge is 0.363 e. The van der Waals surface area contributed by atoms with Crippen LogP contribution in [-0.2, 0) is 9.53 Å². The van der Waals surface area contributed by atoms with Gasteiger partial charge in [-0.3, -0.25) is 10.1 Å². The van der Waals surface area contributed by atoms with E-state index in [2.05, 4.69) is 20.9 Å². The van der Waals surface area contributed by atoms with Gasteiger partial charge in [-0.1, -0.05) is 18.2 Å². The lowest BCUT2D eigenvalue weighted by Crippen LogP contribution is -2.04. The molecule has 28 heavy (non-hydrogen) atoms. The van der Waals surface area contributed by atoms with Gasteiger partial charge < -0.3 is 9.15 Å². The van der Waals surface area contributed by atoms with Crippen molar-refractivity contribution in [2.45, 2.75) is 0 Å². The summed E-state index contributed by atoms with van der Waals surface area (Å²) in [5.74, 6) is 0.576. The summed E-state index contributed by atoms with van der Waals surface area (Å²) < 4.78 is 11.5. The van der Waals surface area contributed by atoms with Crippen molar-refractivity contribution in [2.75, 3.05) is 0 Å². The van der Waals surface area contributed by atoms with Gasteiger partial charge in [-0.15, -0.1) is 0 Å². The summed E-state index contributed by atoms with van der Waals surface area (Å²) in [6.07, 6.45) is 1.49. The molecule has 8 heteroatoms. The predicted molar refractivity (Wildman–Crippen MR) is 106 cm³/mol. The van der Waals surface area contributed by atoms with Gasteiger partial charge in [-0.25, -0.2) is 9.79 Å². The average Bonchev–Trinajstić information content (AvgIpc) is 3.30. The number of carbonyl (C=O) groups excluding carboxylic acids is 1. The number of halogens is 1. The third-order valence-corrected chi connectivity index (χ3v) is 4.63. The van der Waals surface area contributed by atoms with Crippen LogP contribution in [0.2, 0.25) is 0 Å². The summed E-state index contributed by atoms with van der Waals surface area (Å²) in [6, 6.07) is 16.9. The Bertz CT molecular complexity index is 1150. The molecule has 0 saturated heterocycles. The molecule has 0 bridgehead atoms. The fourth-order valence-electron chi connectivity index (χ4n) is 2.64. The van der Waals surface area contributed by atoms with Crippen LogP contribution < -0.4 is 0 Å². The van der Waals surface area contributed by atoms with Gasteiger partial charge in [-0.05, 0) is 46.3 Å². The van der Waals surface area contributed by atoms with Crippen molar-refractivity contribution in [1.29, 1.82) is 0 Å². The highest BCUT2D eigenvalue weighted by Gasteiger charge is 2.24. The van der Waals surface area contributed by atoms with E-state index in [4.69, 9.17) is 9.15 Å². The summed E-state index contributed by atoms with van der Waals surface area (Å²) in [5, 5.41) is 10.9. The molecule has 0 atom stereocenters. The first-order valence-corrected chi connectivity index (χ1v) is 8.93. The van der Waals surface area contributed by atoms with Gasteiger partial charge in [0.25, 0.3) is 5.69 Å². The van der Waals surface area contributed by atoms with Gasteiger partial charge in [0.05, 0.1) is 4.92 Å². The second kappa shape index (κ2) is 7.24. The van der Waals surface area contributed by atoms with Crippen molar-refractivity contribution in [2.24, 2.45) is 4.99 Å². The number of rotatable bonds is 4. The highest BCUT2D eigenvalue weighted by Crippen LogP contribution is 2.33. The second-order valence-corrected chi connectivity index (χ2v) is 6.68. The number of benzene rings is 2. The molecule has 1 aliphatic rings. The lowest BCUT2D eigenvalue weighted by atomic mass is 10.1. The Hall–Kier alpha value is -3.52. The third kappa shape index (κ3) is 3.49. The Kier molecular flexibility index (Phi) is 4.62. The fraction of sp³-hybridized carbons (Fsp3) is 0. The average molecular weight is 439 g/mol. The van der Waals surface area contributed by atoms with E-state index in [9.17, 15) is 14.9 Å². The van der Waals surface area contributed by atoms with Gasteiger partial charge in [0.1, 0.15) is 11.5 Å². The lowest BCUT2D eigenvalue weighted by Gasteiger charge is -2.00. The van der Waals surface area contributed by atoms with Crippen LogP contribution in [0.5, 0.6) is 0 Å². The van der Waals surface area contributed by atoms with Crippen LogP contribution in [0, 0.1) is 10.1 Å². The molecule has 0 fully saturated rings. The number of nitrogens with zero attached hydrogens (tertiary/aromatic N) is 2. The van der Waals surface area contributed by atoms with E-state index in [-0.39, 0.29) is 17.3 Å². The van der Waals surface area contributed by atoms with E-state index in [0.717, 1.165) is 0 Å². The minimum absolute atomic E-state index is 0.0268. The summed E-state index contributed by atoms with van der Waals surface area (Å²) in [6.45, 7) is 0. The number of furan rings is 1. The zero-order valence-electron chi connectivity index (χ0n) is 14.2. The molecule has 0 unspecified atom stereocenters. The lowest BCUT2D eigenvalue weighted by molar-refractivity contribution is -0.384. The first-order valence-electron chi connectivity index (χ1n) is 8.13. The Labute approximate surface area is 167 Å². The Morgan fingerprint density at radius 3 is 2.57 bits per heavy atom. The molecular formula is C20H11BrN2O5. The van der Waals surface area contributed by atoms with Crippen LogP contribution in [0.15, 0.2) is 80.2 Å².